The molecule has 122 valence electrons. The van der Waals surface area contributed by atoms with Crippen molar-refractivity contribution >= 4 is 17.5 Å². The van der Waals surface area contributed by atoms with E-state index in [2.05, 4.69) is 57.4 Å². The molecular weight excluding hydrogens is 286 g/mol. The molecule has 0 amide bonds. The van der Waals surface area contributed by atoms with E-state index in [1.54, 1.807) is 6.20 Å². The van der Waals surface area contributed by atoms with Gasteiger partial charge in [-0.2, -0.15) is 10.1 Å². The molecule has 0 radical (unpaired) electrons. The van der Waals surface area contributed by atoms with Crippen LogP contribution < -0.4 is 10.2 Å². The van der Waals surface area contributed by atoms with Crippen LogP contribution in [0.25, 0.3) is 0 Å². The fraction of sp³-hybridized carbons (Fsp3) is 0.500. The Morgan fingerprint density at radius 1 is 1.04 bits per heavy atom. The van der Waals surface area contributed by atoms with Crippen molar-refractivity contribution in [1.29, 1.82) is 0 Å². The molecule has 2 heterocycles. The van der Waals surface area contributed by atoms with Crippen LogP contribution in [0.1, 0.15) is 44.2 Å². The summed E-state index contributed by atoms with van der Waals surface area (Å²) in [6, 6.07) is 6.46. The minimum absolute atomic E-state index is 0.738. The first kappa shape index (κ1) is 15.7. The molecule has 1 saturated heterocycles. The van der Waals surface area contributed by atoms with Gasteiger partial charge in [-0.15, -0.1) is 5.10 Å². The summed E-state index contributed by atoms with van der Waals surface area (Å²) in [5, 5.41) is 11.8. The lowest BCUT2D eigenvalue weighted by Gasteiger charge is -2.26. The topological polar surface area (TPSA) is 53.9 Å². The van der Waals surface area contributed by atoms with Gasteiger partial charge < -0.3 is 10.2 Å². The normalized spacial score (nSPS) is 14.8. The van der Waals surface area contributed by atoms with Crippen molar-refractivity contribution in [3.63, 3.8) is 0 Å². The molecule has 23 heavy (non-hydrogen) atoms. The predicted molar refractivity (Wildman–Crippen MR) is 94.4 cm³/mol. The lowest BCUT2D eigenvalue weighted by molar-refractivity contribution is 0.565. The smallest absolute Gasteiger partial charge is 0.247 e. The van der Waals surface area contributed by atoms with Gasteiger partial charge in [0.05, 0.1) is 6.20 Å². The summed E-state index contributed by atoms with van der Waals surface area (Å²) in [6.07, 6.45) is 7.41. The van der Waals surface area contributed by atoms with Crippen LogP contribution in [0.15, 0.2) is 24.4 Å². The average molecular weight is 311 g/mol. The highest BCUT2D eigenvalue weighted by Gasteiger charge is 2.15. The maximum Gasteiger partial charge on any atom is 0.247 e. The molecule has 0 unspecified atom stereocenters. The summed E-state index contributed by atoms with van der Waals surface area (Å²) in [5.41, 5.74) is 3.78. The standard InChI is InChI=1S/C18H25N5/c1-3-14-9-8-10-15(4-2)17(14)20-16-13-19-22-18(21-16)23-11-6-5-7-12-23/h8-10,13H,3-7,11-12H2,1-2H3,(H,20,21,22). The van der Waals surface area contributed by atoms with Gasteiger partial charge in [0.25, 0.3) is 0 Å². The first-order chi connectivity index (χ1) is 11.3. The van der Waals surface area contributed by atoms with E-state index in [0.29, 0.717) is 0 Å². The number of para-hydroxylation sites is 1. The monoisotopic (exact) mass is 311 g/mol. The van der Waals surface area contributed by atoms with Crippen molar-refractivity contribution in [3.05, 3.63) is 35.5 Å². The molecule has 5 nitrogen and oxygen atoms in total. The zero-order valence-electron chi connectivity index (χ0n) is 14.0. The van der Waals surface area contributed by atoms with Gasteiger partial charge in [0, 0.05) is 18.8 Å². The van der Waals surface area contributed by atoms with Crippen LogP contribution in [0, 0.1) is 0 Å². The van der Waals surface area contributed by atoms with Gasteiger partial charge >= 0.3 is 0 Å². The highest BCUT2D eigenvalue weighted by Crippen LogP contribution is 2.26. The SMILES string of the molecule is CCc1cccc(CC)c1Nc1cnnc(N2CCCCC2)n1. The van der Waals surface area contributed by atoms with Crippen LogP contribution >= 0.6 is 0 Å². The molecule has 1 aromatic heterocycles. The number of hydrogen-bond donors (Lipinski definition) is 1. The second kappa shape index (κ2) is 7.40. The largest absolute Gasteiger partial charge is 0.339 e. The van der Waals surface area contributed by atoms with Crippen molar-refractivity contribution in [2.75, 3.05) is 23.3 Å². The zero-order valence-corrected chi connectivity index (χ0v) is 14.0. The van der Waals surface area contributed by atoms with Crippen molar-refractivity contribution in [3.8, 4) is 0 Å². The van der Waals surface area contributed by atoms with E-state index in [4.69, 9.17) is 0 Å². The Labute approximate surface area is 138 Å². The summed E-state index contributed by atoms with van der Waals surface area (Å²) in [5.74, 6) is 1.51. The van der Waals surface area contributed by atoms with Gasteiger partial charge in [-0.25, -0.2) is 0 Å². The molecule has 5 heteroatoms. The molecule has 1 aromatic carbocycles. The van der Waals surface area contributed by atoms with Gasteiger partial charge in [-0.3, -0.25) is 0 Å². The predicted octanol–water partition coefficient (Wildman–Crippen LogP) is 3.73. The number of benzene rings is 1. The van der Waals surface area contributed by atoms with E-state index in [9.17, 15) is 0 Å². The van der Waals surface area contributed by atoms with Crippen LogP contribution in [0.2, 0.25) is 0 Å². The van der Waals surface area contributed by atoms with Crippen LogP contribution in [0.5, 0.6) is 0 Å². The van der Waals surface area contributed by atoms with Gasteiger partial charge in [-0.1, -0.05) is 32.0 Å². The zero-order chi connectivity index (χ0) is 16.1. The number of anilines is 3. The molecule has 1 fully saturated rings. The van der Waals surface area contributed by atoms with E-state index >= 15 is 0 Å². The maximum atomic E-state index is 4.68. The van der Waals surface area contributed by atoms with Crippen molar-refractivity contribution in [2.45, 2.75) is 46.0 Å². The van der Waals surface area contributed by atoms with Crippen LogP contribution in [0.4, 0.5) is 17.5 Å². The quantitative estimate of drug-likeness (QED) is 0.912. The molecular formula is C18H25N5. The summed E-state index contributed by atoms with van der Waals surface area (Å²) in [6.45, 7) is 6.41. The molecule has 1 N–H and O–H groups in total. The van der Waals surface area contributed by atoms with Gasteiger partial charge in [-0.05, 0) is 43.2 Å². The van der Waals surface area contributed by atoms with Gasteiger partial charge in [0.2, 0.25) is 5.95 Å². The summed E-state index contributed by atoms with van der Waals surface area (Å²) >= 11 is 0. The van der Waals surface area contributed by atoms with Crippen LogP contribution in [-0.4, -0.2) is 28.3 Å². The molecule has 1 aliphatic rings. The number of nitrogens with zero attached hydrogens (tertiary/aromatic N) is 4. The lowest BCUT2D eigenvalue weighted by atomic mass is 10.0. The number of aryl methyl sites for hydroxylation is 2. The van der Waals surface area contributed by atoms with Gasteiger partial charge in [0.15, 0.2) is 5.82 Å². The molecule has 0 bridgehead atoms. The molecule has 0 aliphatic carbocycles. The molecule has 0 saturated carbocycles. The van der Waals surface area contributed by atoms with Gasteiger partial charge in [0.1, 0.15) is 0 Å². The second-order valence-electron chi connectivity index (χ2n) is 5.97. The van der Waals surface area contributed by atoms with Crippen LogP contribution in [-0.2, 0) is 12.8 Å². The fourth-order valence-corrected chi connectivity index (χ4v) is 3.11. The lowest BCUT2D eigenvalue weighted by Crippen LogP contribution is -2.31. The minimum atomic E-state index is 0.738. The third-order valence-corrected chi connectivity index (χ3v) is 4.44. The summed E-state index contributed by atoms with van der Waals surface area (Å²) in [7, 11) is 0. The number of hydrogen-bond acceptors (Lipinski definition) is 5. The summed E-state index contributed by atoms with van der Waals surface area (Å²) in [4.78, 5) is 6.91. The Balaban J connectivity index is 1.86. The molecule has 0 atom stereocenters. The van der Waals surface area contributed by atoms with E-state index in [-0.39, 0.29) is 0 Å². The Morgan fingerprint density at radius 3 is 2.39 bits per heavy atom. The molecule has 2 aromatic rings. The highest BCUT2D eigenvalue weighted by atomic mass is 15.3. The Morgan fingerprint density at radius 2 is 1.74 bits per heavy atom. The Bertz CT molecular complexity index is 627. The summed E-state index contributed by atoms with van der Waals surface area (Å²) < 4.78 is 0. The number of piperidine rings is 1. The van der Waals surface area contributed by atoms with E-state index in [1.807, 2.05) is 0 Å². The van der Waals surface area contributed by atoms with E-state index in [1.165, 1.54) is 36.1 Å². The molecule has 1 aliphatic heterocycles. The fourth-order valence-electron chi connectivity index (χ4n) is 3.11. The number of rotatable bonds is 5. The molecule has 3 rings (SSSR count). The highest BCUT2D eigenvalue weighted by molar-refractivity contribution is 5.65. The number of aromatic nitrogens is 3. The Hall–Kier alpha value is -2.17. The van der Waals surface area contributed by atoms with E-state index < -0.39 is 0 Å². The first-order valence-corrected chi connectivity index (χ1v) is 8.64. The Kier molecular flexibility index (Phi) is 5.05. The van der Waals surface area contributed by atoms with Crippen molar-refractivity contribution in [2.24, 2.45) is 0 Å². The third-order valence-electron chi connectivity index (χ3n) is 4.44. The van der Waals surface area contributed by atoms with Crippen molar-refractivity contribution < 1.29 is 0 Å². The first-order valence-electron chi connectivity index (χ1n) is 8.64. The second-order valence-corrected chi connectivity index (χ2v) is 5.97. The maximum absolute atomic E-state index is 4.68. The molecule has 0 spiro atoms. The van der Waals surface area contributed by atoms with E-state index in [0.717, 1.165) is 37.7 Å². The average Bonchev–Trinajstić information content (AvgIpc) is 2.63. The van der Waals surface area contributed by atoms with Crippen molar-refractivity contribution in [1.82, 2.24) is 15.2 Å². The minimum Gasteiger partial charge on any atom is -0.339 e. The van der Waals surface area contributed by atoms with Crippen LogP contribution in [0.3, 0.4) is 0 Å². The third kappa shape index (κ3) is 3.60. The number of nitrogens with one attached hydrogen (secondary N) is 1.